The van der Waals surface area contributed by atoms with E-state index in [1.807, 2.05) is 19.9 Å². The number of hydrogen-bond donors (Lipinski definition) is 2. The van der Waals surface area contributed by atoms with Crippen molar-refractivity contribution in [3.8, 4) is 17.6 Å². The number of anilines is 1. The third kappa shape index (κ3) is 6.22. The van der Waals surface area contributed by atoms with Crippen LogP contribution < -0.4 is 15.4 Å². The predicted molar refractivity (Wildman–Crippen MR) is 109 cm³/mol. The second-order valence-corrected chi connectivity index (χ2v) is 7.72. The molecule has 1 atom stereocenters. The quantitative estimate of drug-likeness (QED) is 0.697. The number of nitrogens with zero attached hydrogens (tertiary/aromatic N) is 2. The number of aryl methyl sites for hydroxylation is 1. The van der Waals surface area contributed by atoms with Crippen molar-refractivity contribution in [3.05, 3.63) is 34.6 Å². The van der Waals surface area contributed by atoms with Crippen LogP contribution in [0.1, 0.15) is 35.9 Å². The van der Waals surface area contributed by atoms with Gasteiger partial charge in [-0.15, -0.1) is 0 Å². The number of methoxy groups -OCH3 is 1. The number of amides is 2. The monoisotopic (exact) mass is 400 g/mol. The third-order valence-corrected chi connectivity index (χ3v) is 5.14. The fraction of sp³-hybridized carbons (Fsp3) is 0.450. The lowest BCUT2D eigenvalue weighted by molar-refractivity contribution is 0.0601. The van der Waals surface area contributed by atoms with E-state index < -0.39 is 0 Å². The highest BCUT2D eigenvalue weighted by Crippen LogP contribution is 2.29. The molecule has 3 rings (SSSR count). The number of hydrogen-bond acceptors (Lipinski definition) is 6. The summed E-state index contributed by atoms with van der Waals surface area (Å²) in [5.74, 6) is 7.49. The number of carbonyl (C=O) groups excluding carboxylic acids is 1. The summed E-state index contributed by atoms with van der Waals surface area (Å²) in [5.41, 5.74) is 1.52. The first-order valence-corrected chi connectivity index (χ1v) is 10.00. The van der Waals surface area contributed by atoms with Gasteiger partial charge in [-0.05, 0) is 44.6 Å². The number of pyridine rings is 1. The summed E-state index contributed by atoms with van der Waals surface area (Å²) >= 11 is 1.33. The fourth-order valence-electron chi connectivity index (χ4n) is 2.32. The molecule has 28 heavy (non-hydrogen) atoms. The van der Waals surface area contributed by atoms with Crippen LogP contribution in [0.5, 0.6) is 5.75 Å². The van der Waals surface area contributed by atoms with Crippen molar-refractivity contribution >= 4 is 22.5 Å². The maximum absolute atomic E-state index is 12.1. The van der Waals surface area contributed by atoms with Crippen molar-refractivity contribution in [2.75, 3.05) is 25.6 Å². The topological polar surface area (TPSA) is 85.4 Å². The molecule has 148 valence electrons. The predicted octanol–water partition coefficient (Wildman–Crippen LogP) is 3.19. The number of carbonyl (C=O) groups is 1. The average Bonchev–Trinajstić information content (AvgIpc) is 3.46. The van der Waals surface area contributed by atoms with Crippen molar-refractivity contribution < 1.29 is 14.3 Å². The van der Waals surface area contributed by atoms with Crippen molar-refractivity contribution in [1.29, 1.82) is 0 Å². The molecule has 1 saturated carbocycles. The largest absolute Gasteiger partial charge is 0.495 e. The molecule has 2 aromatic rings. The highest BCUT2D eigenvalue weighted by molar-refractivity contribution is 7.16. The molecule has 1 aliphatic rings. The molecule has 1 fully saturated rings. The van der Waals surface area contributed by atoms with E-state index >= 15 is 0 Å². The average molecular weight is 401 g/mol. The Balaban J connectivity index is 1.51. The zero-order valence-corrected chi connectivity index (χ0v) is 17.1. The first kappa shape index (κ1) is 20.1. The molecule has 0 aromatic carbocycles. The zero-order valence-electron chi connectivity index (χ0n) is 16.2. The van der Waals surface area contributed by atoms with E-state index in [4.69, 9.17) is 9.47 Å². The van der Waals surface area contributed by atoms with Gasteiger partial charge in [0.15, 0.2) is 5.13 Å². The molecule has 8 heteroatoms. The van der Waals surface area contributed by atoms with Gasteiger partial charge >= 0.3 is 6.03 Å². The fourth-order valence-corrected chi connectivity index (χ4v) is 3.13. The molecule has 0 aliphatic heterocycles. The molecule has 0 spiro atoms. The molecule has 1 aliphatic carbocycles. The molecule has 7 nitrogen and oxygen atoms in total. The van der Waals surface area contributed by atoms with Crippen LogP contribution in [0.3, 0.4) is 0 Å². The lowest BCUT2D eigenvalue weighted by atomic mass is 10.2. The van der Waals surface area contributed by atoms with Crippen LogP contribution in [0.4, 0.5) is 9.93 Å². The molecular formula is C20H24N4O3S. The minimum absolute atomic E-state index is 0.0118. The zero-order chi connectivity index (χ0) is 19.9. The molecule has 2 heterocycles. The second kappa shape index (κ2) is 9.53. The Kier molecular flexibility index (Phi) is 6.85. The Hall–Kier alpha value is -2.63. The van der Waals surface area contributed by atoms with Crippen molar-refractivity contribution in [2.45, 2.75) is 32.8 Å². The summed E-state index contributed by atoms with van der Waals surface area (Å²) in [6, 6.07) is 1.52. The standard InChI is InChI=1S/C20H24N4O3S/c1-13(27-12-15-4-5-15)9-22-19(25)24-20-23-14(2)18(28-20)7-6-16-8-17(26-3)11-21-10-16/h8,10-11,13,15H,4-5,9,12H2,1-3H3,(H2,22,23,24,25)/t13-/m0/s1. The number of ether oxygens (including phenoxy) is 2. The van der Waals surface area contributed by atoms with Gasteiger partial charge < -0.3 is 14.8 Å². The molecule has 0 radical (unpaired) electrons. The van der Waals surface area contributed by atoms with Gasteiger partial charge in [0.05, 0.1) is 25.1 Å². The number of thiazole rings is 1. The third-order valence-electron chi connectivity index (χ3n) is 4.15. The van der Waals surface area contributed by atoms with Crippen molar-refractivity contribution in [1.82, 2.24) is 15.3 Å². The van der Waals surface area contributed by atoms with Gasteiger partial charge in [0.25, 0.3) is 0 Å². The molecule has 2 N–H and O–H groups in total. The molecule has 2 amide bonds. The molecule has 0 saturated heterocycles. The second-order valence-electron chi connectivity index (χ2n) is 6.72. The minimum atomic E-state index is -0.299. The van der Waals surface area contributed by atoms with Crippen molar-refractivity contribution in [3.63, 3.8) is 0 Å². The Bertz CT molecular complexity index is 883. The summed E-state index contributed by atoms with van der Waals surface area (Å²) in [5, 5.41) is 6.07. The van der Waals surface area contributed by atoms with Gasteiger partial charge in [-0.1, -0.05) is 17.3 Å². The van der Waals surface area contributed by atoms with Crippen LogP contribution >= 0.6 is 11.3 Å². The highest BCUT2D eigenvalue weighted by atomic mass is 32.1. The number of aromatic nitrogens is 2. The maximum Gasteiger partial charge on any atom is 0.321 e. The van der Waals surface area contributed by atoms with Gasteiger partial charge in [-0.25, -0.2) is 9.78 Å². The Labute approximate surface area is 168 Å². The number of urea groups is 1. The van der Waals surface area contributed by atoms with E-state index in [0.29, 0.717) is 23.3 Å². The van der Waals surface area contributed by atoms with E-state index in [1.165, 1.54) is 24.2 Å². The van der Waals surface area contributed by atoms with E-state index in [9.17, 15) is 4.79 Å². The Morgan fingerprint density at radius 2 is 2.21 bits per heavy atom. The minimum Gasteiger partial charge on any atom is -0.495 e. The van der Waals surface area contributed by atoms with Gasteiger partial charge in [-0.2, -0.15) is 0 Å². The first-order valence-electron chi connectivity index (χ1n) is 9.18. The first-order chi connectivity index (χ1) is 13.5. The van der Waals surface area contributed by atoms with Crippen LogP contribution in [-0.2, 0) is 4.74 Å². The van der Waals surface area contributed by atoms with Crippen LogP contribution in [0.2, 0.25) is 0 Å². The van der Waals surface area contributed by atoms with Crippen molar-refractivity contribution in [2.24, 2.45) is 5.92 Å². The molecule has 0 unspecified atom stereocenters. The normalized spacial score (nSPS) is 14.0. The Morgan fingerprint density at radius 1 is 1.39 bits per heavy atom. The number of nitrogens with one attached hydrogen (secondary N) is 2. The summed E-state index contributed by atoms with van der Waals surface area (Å²) in [6.07, 6.45) is 5.79. The van der Waals surface area contributed by atoms with Crippen LogP contribution in [-0.4, -0.2) is 42.4 Å². The lowest BCUT2D eigenvalue weighted by Gasteiger charge is -2.13. The van der Waals surface area contributed by atoms with Crippen LogP contribution in [0, 0.1) is 24.7 Å². The van der Waals surface area contributed by atoms with E-state index in [0.717, 1.165) is 22.7 Å². The molecule has 2 aromatic heterocycles. The van der Waals surface area contributed by atoms with Gasteiger partial charge in [-0.3, -0.25) is 10.3 Å². The van der Waals surface area contributed by atoms with E-state index in [2.05, 4.69) is 32.4 Å². The van der Waals surface area contributed by atoms with Gasteiger partial charge in [0.1, 0.15) is 10.6 Å². The maximum atomic E-state index is 12.1. The van der Waals surface area contributed by atoms with Crippen LogP contribution in [0.15, 0.2) is 18.5 Å². The summed E-state index contributed by atoms with van der Waals surface area (Å²) < 4.78 is 10.8. The Morgan fingerprint density at radius 3 is 2.96 bits per heavy atom. The highest BCUT2D eigenvalue weighted by Gasteiger charge is 2.22. The van der Waals surface area contributed by atoms with E-state index in [1.54, 1.807) is 19.5 Å². The van der Waals surface area contributed by atoms with Crippen LogP contribution in [0.25, 0.3) is 0 Å². The number of rotatable bonds is 7. The summed E-state index contributed by atoms with van der Waals surface area (Å²) in [6.45, 7) is 5.05. The smallest absolute Gasteiger partial charge is 0.321 e. The van der Waals surface area contributed by atoms with Gasteiger partial charge in [0.2, 0.25) is 0 Å². The van der Waals surface area contributed by atoms with E-state index in [-0.39, 0.29) is 12.1 Å². The molecular weight excluding hydrogens is 376 g/mol. The summed E-state index contributed by atoms with van der Waals surface area (Å²) in [7, 11) is 1.59. The molecule has 0 bridgehead atoms. The van der Waals surface area contributed by atoms with Gasteiger partial charge in [0, 0.05) is 24.9 Å². The lowest BCUT2D eigenvalue weighted by Crippen LogP contribution is -2.35. The summed E-state index contributed by atoms with van der Waals surface area (Å²) in [4.78, 5) is 21.3. The SMILES string of the molecule is COc1cncc(C#Cc2sc(NC(=O)NC[C@H](C)OCC3CC3)nc2C)c1.